The van der Waals surface area contributed by atoms with Crippen LogP contribution in [-0.2, 0) is 0 Å². The van der Waals surface area contributed by atoms with Gasteiger partial charge in [0.25, 0.3) is 0 Å². The van der Waals surface area contributed by atoms with Crippen molar-refractivity contribution < 1.29 is 4.79 Å². The zero-order valence-corrected chi connectivity index (χ0v) is 15.6. The fraction of sp³-hybridized carbons (Fsp3) is 0.0417. The summed E-state index contributed by atoms with van der Waals surface area (Å²) in [5, 5.41) is 0.667. The molecule has 27 heavy (non-hydrogen) atoms. The van der Waals surface area contributed by atoms with Crippen molar-refractivity contribution in [1.82, 2.24) is 4.57 Å². The van der Waals surface area contributed by atoms with Gasteiger partial charge in [-0.25, -0.2) is 0 Å². The van der Waals surface area contributed by atoms with Crippen LogP contribution in [0.4, 0.5) is 0 Å². The van der Waals surface area contributed by atoms with Crippen LogP contribution in [0.15, 0.2) is 91.0 Å². The molecule has 1 aromatic heterocycles. The number of hydrogen-bond acceptors (Lipinski definition) is 1. The number of halogens is 1. The number of hydrogen-bond donors (Lipinski definition) is 0. The molecule has 0 bridgehead atoms. The second-order valence-electron chi connectivity index (χ2n) is 6.43. The molecule has 0 aliphatic carbocycles. The van der Waals surface area contributed by atoms with Gasteiger partial charge in [-0.05, 0) is 48.4 Å². The van der Waals surface area contributed by atoms with Crippen molar-refractivity contribution in [2.75, 3.05) is 0 Å². The molecule has 4 rings (SSSR count). The number of carbonyl (C=O) groups excluding carboxylic acids is 1. The van der Waals surface area contributed by atoms with Gasteiger partial charge in [0, 0.05) is 16.3 Å². The molecular formula is C24H18ClNO. The number of carbonyl (C=O) groups is 1. The van der Waals surface area contributed by atoms with Gasteiger partial charge in [-0.15, -0.1) is 0 Å². The molecule has 0 fully saturated rings. The Labute approximate surface area is 163 Å². The topological polar surface area (TPSA) is 22.0 Å². The van der Waals surface area contributed by atoms with Crippen LogP contribution in [0.1, 0.15) is 21.6 Å². The van der Waals surface area contributed by atoms with E-state index in [1.807, 2.05) is 84.3 Å². The fourth-order valence-electron chi connectivity index (χ4n) is 3.32. The molecule has 1 heterocycles. The number of rotatable bonds is 4. The molecule has 0 aliphatic heterocycles. The van der Waals surface area contributed by atoms with Gasteiger partial charge in [0.1, 0.15) is 0 Å². The Morgan fingerprint density at radius 2 is 1.41 bits per heavy atom. The molecule has 0 N–H and O–H groups in total. The monoisotopic (exact) mass is 371 g/mol. The number of ketones is 1. The number of aromatic nitrogens is 1. The number of nitrogens with zero attached hydrogens (tertiary/aromatic N) is 1. The third-order valence-electron chi connectivity index (χ3n) is 4.60. The van der Waals surface area contributed by atoms with Crippen molar-refractivity contribution >= 4 is 17.4 Å². The van der Waals surface area contributed by atoms with Gasteiger partial charge >= 0.3 is 0 Å². The SMILES string of the molecule is Cc1cc(-c2ccccc2)n(-c2ccc(Cl)cc2)c1C(=O)c1ccccc1. The minimum Gasteiger partial charge on any atom is -0.306 e. The third-order valence-corrected chi connectivity index (χ3v) is 4.85. The molecule has 0 radical (unpaired) electrons. The summed E-state index contributed by atoms with van der Waals surface area (Å²) in [5.74, 6) is 0.00484. The van der Waals surface area contributed by atoms with Gasteiger partial charge < -0.3 is 4.57 Å². The predicted molar refractivity (Wildman–Crippen MR) is 111 cm³/mol. The van der Waals surface area contributed by atoms with Crippen LogP contribution >= 0.6 is 11.6 Å². The lowest BCUT2D eigenvalue weighted by Gasteiger charge is -2.14. The molecule has 0 unspecified atom stereocenters. The number of aryl methyl sites for hydroxylation is 1. The minimum atomic E-state index is 0.00484. The Morgan fingerprint density at radius 1 is 0.815 bits per heavy atom. The van der Waals surface area contributed by atoms with Crippen LogP contribution in [-0.4, -0.2) is 10.4 Å². The zero-order valence-electron chi connectivity index (χ0n) is 14.9. The quantitative estimate of drug-likeness (QED) is 0.384. The molecule has 0 aliphatic rings. The van der Waals surface area contributed by atoms with Gasteiger partial charge in [-0.1, -0.05) is 72.3 Å². The first kappa shape index (κ1) is 17.3. The highest BCUT2D eigenvalue weighted by atomic mass is 35.5. The summed E-state index contributed by atoms with van der Waals surface area (Å²) in [7, 11) is 0. The molecule has 0 saturated carbocycles. The van der Waals surface area contributed by atoms with Crippen LogP contribution in [0, 0.1) is 6.92 Å². The maximum atomic E-state index is 13.3. The van der Waals surface area contributed by atoms with E-state index in [0.29, 0.717) is 16.3 Å². The molecule has 0 saturated heterocycles. The fourth-order valence-corrected chi connectivity index (χ4v) is 3.45. The number of benzene rings is 3. The Hall–Kier alpha value is -3.10. The molecular weight excluding hydrogens is 354 g/mol. The first-order valence-electron chi connectivity index (χ1n) is 8.78. The predicted octanol–water partition coefficient (Wildman–Crippen LogP) is 6.34. The molecule has 3 heteroatoms. The lowest BCUT2D eigenvalue weighted by Crippen LogP contribution is -2.11. The Bertz CT molecular complexity index is 1080. The molecule has 2 nitrogen and oxygen atoms in total. The first-order valence-corrected chi connectivity index (χ1v) is 9.16. The van der Waals surface area contributed by atoms with E-state index >= 15 is 0 Å². The summed E-state index contributed by atoms with van der Waals surface area (Å²) in [6.45, 7) is 1.98. The van der Waals surface area contributed by atoms with Crippen molar-refractivity contribution in [3.8, 4) is 16.9 Å². The van der Waals surface area contributed by atoms with E-state index in [-0.39, 0.29) is 5.78 Å². The van der Waals surface area contributed by atoms with Crippen LogP contribution in [0.25, 0.3) is 16.9 Å². The lowest BCUT2D eigenvalue weighted by molar-refractivity contribution is 0.103. The zero-order chi connectivity index (χ0) is 18.8. The summed E-state index contributed by atoms with van der Waals surface area (Å²) < 4.78 is 2.02. The van der Waals surface area contributed by atoms with Gasteiger partial charge in [-0.2, -0.15) is 0 Å². The highest BCUT2D eigenvalue weighted by Crippen LogP contribution is 2.31. The second-order valence-corrected chi connectivity index (χ2v) is 6.87. The lowest BCUT2D eigenvalue weighted by atomic mass is 10.1. The molecule has 3 aromatic carbocycles. The third kappa shape index (κ3) is 3.32. The summed E-state index contributed by atoms with van der Waals surface area (Å²) >= 11 is 6.08. The summed E-state index contributed by atoms with van der Waals surface area (Å²) in [6, 6.07) is 29.1. The molecule has 132 valence electrons. The van der Waals surface area contributed by atoms with Crippen LogP contribution in [0.5, 0.6) is 0 Å². The van der Waals surface area contributed by atoms with Crippen LogP contribution in [0.2, 0.25) is 5.02 Å². The van der Waals surface area contributed by atoms with E-state index in [0.717, 1.165) is 22.5 Å². The summed E-state index contributed by atoms with van der Waals surface area (Å²) in [5.41, 5.74) is 5.23. The van der Waals surface area contributed by atoms with E-state index in [9.17, 15) is 4.79 Å². The Balaban J connectivity index is 1.97. The maximum Gasteiger partial charge on any atom is 0.210 e. The Morgan fingerprint density at radius 3 is 2.04 bits per heavy atom. The molecule has 0 amide bonds. The van der Waals surface area contributed by atoms with Crippen molar-refractivity contribution in [3.63, 3.8) is 0 Å². The molecule has 0 spiro atoms. The smallest absolute Gasteiger partial charge is 0.210 e. The van der Waals surface area contributed by atoms with E-state index in [2.05, 4.69) is 18.2 Å². The van der Waals surface area contributed by atoms with Crippen LogP contribution in [0.3, 0.4) is 0 Å². The summed E-state index contributed by atoms with van der Waals surface area (Å²) in [4.78, 5) is 13.3. The van der Waals surface area contributed by atoms with Gasteiger partial charge in [0.2, 0.25) is 5.78 Å². The largest absolute Gasteiger partial charge is 0.306 e. The van der Waals surface area contributed by atoms with Crippen molar-refractivity contribution in [1.29, 1.82) is 0 Å². The van der Waals surface area contributed by atoms with E-state index < -0.39 is 0 Å². The van der Waals surface area contributed by atoms with Gasteiger partial charge in [0.15, 0.2) is 0 Å². The van der Waals surface area contributed by atoms with Gasteiger partial charge in [-0.3, -0.25) is 4.79 Å². The van der Waals surface area contributed by atoms with Gasteiger partial charge in [0.05, 0.1) is 11.4 Å². The average molecular weight is 372 g/mol. The minimum absolute atomic E-state index is 0.00484. The molecule has 0 atom stereocenters. The average Bonchev–Trinajstić information content (AvgIpc) is 3.06. The first-order chi connectivity index (χ1) is 13.1. The van der Waals surface area contributed by atoms with Crippen LogP contribution < -0.4 is 0 Å². The maximum absolute atomic E-state index is 13.3. The van der Waals surface area contributed by atoms with E-state index in [1.165, 1.54) is 0 Å². The van der Waals surface area contributed by atoms with Crippen molar-refractivity contribution in [2.45, 2.75) is 6.92 Å². The highest BCUT2D eigenvalue weighted by molar-refractivity contribution is 6.30. The second kappa shape index (κ2) is 7.26. The van der Waals surface area contributed by atoms with E-state index in [4.69, 9.17) is 11.6 Å². The Kier molecular flexibility index (Phi) is 4.66. The van der Waals surface area contributed by atoms with Crippen molar-refractivity contribution in [3.05, 3.63) is 113 Å². The summed E-state index contributed by atoms with van der Waals surface area (Å²) in [6.07, 6.45) is 0. The highest BCUT2D eigenvalue weighted by Gasteiger charge is 2.22. The van der Waals surface area contributed by atoms with E-state index in [1.54, 1.807) is 0 Å². The van der Waals surface area contributed by atoms with Crippen molar-refractivity contribution in [2.24, 2.45) is 0 Å². The standard InChI is InChI=1S/C24H18ClNO/c1-17-16-22(18-8-4-2-5-9-18)26(21-14-12-20(25)13-15-21)23(17)24(27)19-10-6-3-7-11-19/h2-16H,1H3. The molecule has 4 aromatic rings. The normalized spacial score (nSPS) is 10.7.